The number of thioether (sulfide) groups is 1. The van der Waals surface area contributed by atoms with Crippen molar-refractivity contribution in [3.8, 4) is 11.5 Å². The lowest BCUT2D eigenvalue weighted by atomic mass is 10.0. The lowest BCUT2D eigenvalue weighted by Crippen LogP contribution is -2.17. The number of carbonyl (C=O) groups excluding carboxylic acids is 2. The van der Waals surface area contributed by atoms with Crippen molar-refractivity contribution in [2.24, 2.45) is 0 Å². The third-order valence-electron chi connectivity index (χ3n) is 4.05. The van der Waals surface area contributed by atoms with Crippen LogP contribution in [0.25, 0.3) is 6.08 Å². The molecule has 1 saturated heterocycles. The van der Waals surface area contributed by atoms with Crippen molar-refractivity contribution >= 4 is 44.9 Å². The Bertz CT molecular complexity index is 970. The summed E-state index contributed by atoms with van der Waals surface area (Å²) in [5.41, 5.74) is 2.68. The van der Waals surface area contributed by atoms with Crippen LogP contribution in [0, 0.1) is 0 Å². The van der Waals surface area contributed by atoms with Crippen LogP contribution in [-0.2, 0) is 17.8 Å². The van der Waals surface area contributed by atoms with Crippen molar-refractivity contribution in [2.75, 3.05) is 6.61 Å². The first-order chi connectivity index (χ1) is 14.0. The van der Waals surface area contributed by atoms with Gasteiger partial charge in [-0.1, -0.05) is 34.1 Å². The van der Waals surface area contributed by atoms with E-state index in [1.165, 1.54) is 0 Å². The summed E-state index contributed by atoms with van der Waals surface area (Å²) in [6.45, 7) is 6.59. The minimum absolute atomic E-state index is 0.352. The summed E-state index contributed by atoms with van der Waals surface area (Å²) in [6, 6.07) is 11.6. The van der Waals surface area contributed by atoms with E-state index in [0.717, 1.165) is 32.9 Å². The van der Waals surface area contributed by atoms with Crippen LogP contribution in [-0.4, -0.2) is 17.8 Å². The van der Waals surface area contributed by atoms with Crippen molar-refractivity contribution in [1.82, 2.24) is 5.32 Å². The Balaban J connectivity index is 1.94. The molecule has 150 valence electrons. The largest absolute Gasteiger partial charge is 0.490 e. The molecule has 3 rings (SSSR count). The molecule has 7 heteroatoms. The highest BCUT2D eigenvalue weighted by Gasteiger charge is 2.25. The van der Waals surface area contributed by atoms with Crippen LogP contribution in [0.15, 0.2) is 58.4 Å². The first-order valence-electron chi connectivity index (χ1n) is 9.03. The van der Waals surface area contributed by atoms with Crippen molar-refractivity contribution in [3.63, 3.8) is 0 Å². The Morgan fingerprint density at radius 3 is 2.55 bits per heavy atom. The van der Waals surface area contributed by atoms with Crippen molar-refractivity contribution in [2.45, 2.75) is 20.0 Å². The zero-order valence-electron chi connectivity index (χ0n) is 15.9. The first kappa shape index (κ1) is 21.2. The molecule has 1 aliphatic heterocycles. The summed E-state index contributed by atoms with van der Waals surface area (Å²) in [5, 5.41) is 1.89. The van der Waals surface area contributed by atoms with Gasteiger partial charge in [0, 0.05) is 10.0 Å². The average molecular weight is 474 g/mol. The van der Waals surface area contributed by atoms with Crippen LogP contribution in [0.5, 0.6) is 11.5 Å². The molecule has 0 bridgehead atoms. The minimum Gasteiger partial charge on any atom is -0.490 e. The number of imide groups is 1. The molecule has 1 N–H and O–H groups in total. The zero-order valence-corrected chi connectivity index (χ0v) is 18.3. The Hall–Kier alpha value is -2.51. The number of hydrogen-bond donors (Lipinski definition) is 1. The van der Waals surface area contributed by atoms with Crippen LogP contribution in [0.3, 0.4) is 0 Å². The summed E-state index contributed by atoms with van der Waals surface area (Å²) in [7, 11) is 0. The van der Waals surface area contributed by atoms with Gasteiger partial charge in [0.25, 0.3) is 11.1 Å². The van der Waals surface area contributed by atoms with Gasteiger partial charge in [0.15, 0.2) is 11.5 Å². The van der Waals surface area contributed by atoms with E-state index in [-0.39, 0.29) is 5.24 Å². The minimum atomic E-state index is -0.390. The number of nitrogens with one attached hydrogen (secondary N) is 1. The van der Waals surface area contributed by atoms with E-state index in [2.05, 4.69) is 27.8 Å². The number of ether oxygens (including phenoxy) is 2. The Labute approximate surface area is 182 Å². The molecule has 2 aromatic rings. The monoisotopic (exact) mass is 473 g/mol. The Kier molecular flexibility index (Phi) is 7.17. The molecule has 5 nitrogen and oxygen atoms in total. The first-order valence-corrected chi connectivity index (χ1v) is 10.6. The second kappa shape index (κ2) is 9.80. The Morgan fingerprint density at radius 1 is 1.17 bits per heavy atom. The number of halogens is 1. The van der Waals surface area contributed by atoms with E-state index >= 15 is 0 Å². The molecule has 0 radical (unpaired) electrons. The molecular weight excluding hydrogens is 454 g/mol. The average Bonchev–Trinajstić information content (AvgIpc) is 3.00. The number of rotatable bonds is 8. The lowest BCUT2D eigenvalue weighted by Gasteiger charge is -2.17. The molecule has 0 saturated carbocycles. The summed E-state index contributed by atoms with van der Waals surface area (Å²) >= 11 is 4.31. The van der Waals surface area contributed by atoms with Gasteiger partial charge in [0.05, 0.1) is 11.5 Å². The van der Waals surface area contributed by atoms with Crippen LogP contribution < -0.4 is 14.8 Å². The Morgan fingerprint density at radius 2 is 1.93 bits per heavy atom. The SMILES string of the molecule is C=CCc1cc(/C=C2/SC(=O)NC2=O)cc(OCC)c1OCc1ccc(Br)cc1. The number of allylic oxidation sites excluding steroid dienone is 1. The highest BCUT2D eigenvalue weighted by molar-refractivity contribution is 9.10. The van der Waals surface area contributed by atoms with E-state index in [9.17, 15) is 9.59 Å². The number of benzene rings is 2. The van der Waals surface area contributed by atoms with Gasteiger partial charge in [-0.05, 0) is 66.6 Å². The third kappa shape index (κ3) is 5.52. The van der Waals surface area contributed by atoms with E-state index in [0.29, 0.717) is 36.0 Å². The van der Waals surface area contributed by atoms with E-state index < -0.39 is 5.91 Å². The van der Waals surface area contributed by atoms with Crippen molar-refractivity contribution in [1.29, 1.82) is 0 Å². The van der Waals surface area contributed by atoms with Crippen LogP contribution in [0.4, 0.5) is 4.79 Å². The highest BCUT2D eigenvalue weighted by atomic mass is 79.9. The molecule has 0 unspecified atom stereocenters. The maximum Gasteiger partial charge on any atom is 0.290 e. The molecule has 2 amide bonds. The van der Waals surface area contributed by atoms with Gasteiger partial charge in [-0.25, -0.2) is 0 Å². The van der Waals surface area contributed by atoms with Crippen molar-refractivity contribution < 1.29 is 19.1 Å². The van der Waals surface area contributed by atoms with Crippen LogP contribution in [0.1, 0.15) is 23.6 Å². The van der Waals surface area contributed by atoms with E-state index in [1.807, 2.05) is 43.3 Å². The molecule has 1 aliphatic rings. The number of hydrogen-bond acceptors (Lipinski definition) is 5. The van der Waals surface area contributed by atoms with Gasteiger partial charge in [0.2, 0.25) is 0 Å². The molecule has 0 aliphatic carbocycles. The summed E-state index contributed by atoms with van der Waals surface area (Å²) in [5.74, 6) is 0.848. The number of amides is 2. The number of carbonyl (C=O) groups is 2. The van der Waals surface area contributed by atoms with Crippen LogP contribution >= 0.6 is 27.7 Å². The standard InChI is InChI=1S/C22H20BrNO4S/c1-3-5-16-10-15(12-19-21(25)24-22(26)29-19)11-18(27-4-2)20(16)28-13-14-6-8-17(23)9-7-14/h3,6-12H,1,4-5,13H2,2H3,(H,24,25,26)/b19-12+. The molecule has 2 aromatic carbocycles. The van der Waals surface area contributed by atoms with Crippen molar-refractivity contribution in [3.05, 3.63) is 75.1 Å². The topological polar surface area (TPSA) is 64.6 Å². The fourth-order valence-corrected chi connectivity index (χ4v) is 3.76. The molecule has 1 fully saturated rings. The summed E-state index contributed by atoms with van der Waals surface area (Å²) in [4.78, 5) is 23.6. The van der Waals surface area contributed by atoms with Gasteiger partial charge in [-0.2, -0.15) is 0 Å². The van der Waals surface area contributed by atoms with Gasteiger partial charge in [0.1, 0.15) is 6.61 Å². The highest BCUT2D eigenvalue weighted by Crippen LogP contribution is 2.36. The van der Waals surface area contributed by atoms with E-state index in [1.54, 1.807) is 12.2 Å². The summed E-state index contributed by atoms with van der Waals surface area (Å²) in [6.07, 6.45) is 4.04. The predicted octanol–water partition coefficient (Wildman–Crippen LogP) is 5.48. The fraction of sp³-hybridized carbons (Fsp3) is 0.182. The molecule has 0 spiro atoms. The molecule has 0 aromatic heterocycles. The molecule has 1 heterocycles. The summed E-state index contributed by atoms with van der Waals surface area (Å²) < 4.78 is 12.9. The molecule has 0 atom stereocenters. The molecule has 29 heavy (non-hydrogen) atoms. The van der Waals surface area contributed by atoms with Crippen LogP contribution in [0.2, 0.25) is 0 Å². The van der Waals surface area contributed by atoms with E-state index in [4.69, 9.17) is 9.47 Å². The quantitative estimate of drug-likeness (QED) is 0.406. The van der Waals surface area contributed by atoms with Gasteiger partial charge >= 0.3 is 0 Å². The second-order valence-electron chi connectivity index (χ2n) is 6.20. The maximum atomic E-state index is 11.9. The third-order valence-corrected chi connectivity index (χ3v) is 5.39. The van der Waals surface area contributed by atoms with Gasteiger partial charge in [-0.15, -0.1) is 6.58 Å². The normalized spacial score (nSPS) is 14.8. The zero-order chi connectivity index (χ0) is 20.8. The van der Waals surface area contributed by atoms with Gasteiger partial charge in [-0.3, -0.25) is 14.9 Å². The smallest absolute Gasteiger partial charge is 0.290 e. The van der Waals surface area contributed by atoms with Gasteiger partial charge < -0.3 is 9.47 Å². The molecular formula is C22H20BrNO4S. The fourth-order valence-electron chi connectivity index (χ4n) is 2.81. The maximum absolute atomic E-state index is 11.9. The predicted molar refractivity (Wildman–Crippen MR) is 119 cm³/mol. The second-order valence-corrected chi connectivity index (χ2v) is 8.13. The lowest BCUT2D eigenvalue weighted by molar-refractivity contribution is -0.115.